The van der Waals surface area contributed by atoms with E-state index >= 15 is 0 Å². The van der Waals surface area contributed by atoms with E-state index in [4.69, 9.17) is 0 Å². The highest BCUT2D eigenvalue weighted by molar-refractivity contribution is 5.97. The van der Waals surface area contributed by atoms with E-state index in [0.29, 0.717) is 5.56 Å². The molecule has 26 heavy (non-hydrogen) atoms. The second kappa shape index (κ2) is 7.73. The first-order chi connectivity index (χ1) is 12.1. The van der Waals surface area contributed by atoms with E-state index in [9.17, 15) is 14.7 Å². The molecule has 0 aliphatic heterocycles. The van der Waals surface area contributed by atoms with Crippen molar-refractivity contribution in [3.8, 4) is 0 Å². The van der Waals surface area contributed by atoms with Crippen LogP contribution in [0.4, 0.5) is 0 Å². The van der Waals surface area contributed by atoms with Crippen LogP contribution in [0.2, 0.25) is 0 Å². The first kappa shape index (κ1) is 19.7. The predicted octanol–water partition coefficient (Wildman–Crippen LogP) is 4.03. The summed E-state index contributed by atoms with van der Waals surface area (Å²) < 4.78 is 0. The average molecular weight is 353 g/mol. The predicted molar refractivity (Wildman–Crippen MR) is 104 cm³/mol. The molecule has 1 amide bonds. The number of aliphatic carboxylic acids is 1. The normalized spacial score (nSPS) is 12.5. The number of hydrogen-bond acceptors (Lipinski definition) is 2. The number of carbonyl (C=O) groups is 2. The number of aryl methyl sites for hydroxylation is 2. The van der Waals surface area contributed by atoms with Crippen molar-refractivity contribution in [2.45, 2.75) is 52.5 Å². The fourth-order valence-corrected chi connectivity index (χ4v) is 2.92. The van der Waals surface area contributed by atoms with Gasteiger partial charge in [-0.3, -0.25) is 4.79 Å². The molecule has 0 radical (unpaired) electrons. The van der Waals surface area contributed by atoms with Crippen molar-refractivity contribution in [1.82, 2.24) is 5.32 Å². The van der Waals surface area contributed by atoms with E-state index in [2.05, 4.69) is 26.1 Å². The Morgan fingerprint density at radius 2 is 1.54 bits per heavy atom. The Kier molecular flexibility index (Phi) is 5.86. The summed E-state index contributed by atoms with van der Waals surface area (Å²) in [6.45, 7) is 10.2. The summed E-state index contributed by atoms with van der Waals surface area (Å²) in [6, 6.07) is 12.4. The third-order valence-corrected chi connectivity index (χ3v) is 4.35. The highest BCUT2D eigenvalue weighted by atomic mass is 16.4. The summed E-state index contributed by atoms with van der Waals surface area (Å²) in [4.78, 5) is 24.1. The number of nitrogens with one attached hydrogen (secondary N) is 1. The number of carboxylic acid groups (broad SMARTS) is 1. The van der Waals surface area contributed by atoms with Crippen LogP contribution in [0.1, 0.15) is 53.4 Å². The molecule has 2 aromatic rings. The number of carboxylic acids is 1. The fraction of sp³-hybridized carbons (Fsp3) is 0.364. The zero-order chi connectivity index (χ0) is 19.5. The smallest absolute Gasteiger partial charge is 0.326 e. The summed E-state index contributed by atoms with van der Waals surface area (Å²) in [5, 5.41) is 12.2. The molecule has 0 unspecified atom stereocenters. The van der Waals surface area contributed by atoms with E-state index in [0.717, 1.165) is 16.7 Å². The molecule has 0 bridgehead atoms. The van der Waals surface area contributed by atoms with Crippen molar-refractivity contribution in [1.29, 1.82) is 0 Å². The molecule has 1 atom stereocenters. The standard InChI is InChI=1S/C22H27NO3/c1-14-10-15(2)12-17(11-14)20(24)23-19(21(25)26)13-16-6-8-18(9-7-16)22(3,4)5/h6-12,19H,13H2,1-5H3,(H,23,24)(H,25,26)/t19-/m1/s1. The molecule has 0 spiro atoms. The lowest BCUT2D eigenvalue weighted by Crippen LogP contribution is -2.42. The van der Waals surface area contributed by atoms with Gasteiger partial charge in [-0.15, -0.1) is 0 Å². The topological polar surface area (TPSA) is 66.4 Å². The van der Waals surface area contributed by atoms with Crippen LogP contribution >= 0.6 is 0 Å². The van der Waals surface area contributed by atoms with Crippen LogP contribution in [0.3, 0.4) is 0 Å². The van der Waals surface area contributed by atoms with Gasteiger partial charge in [-0.05, 0) is 42.5 Å². The first-order valence-corrected chi connectivity index (χ1v) is 8.77. The molecule has 0 aromatic heterocycles. The maximum atomic E-state index is 12.5. The van der Waals surface area contributed by atoms with E-state index in [-0.39, 0.29) is 17.7 Å². The number of hydrogen-bond donors (Lipinski definition) is 2. The summed E-state index contributed by atoms with van der Waals surface area (Å²) in [7, 11) is 0. The fourth-order valence-electron chi connectivity index (χ4n) is 2.92. The van der Waals surface area contributed by atoms with Crippen LogP contribution in [0.25, 0.3) is 0 Å². The molecule has 0 aliphatic rings. The van der Waals surface area contributed by atoms with Crippen molar-refractivity contribution in [2.75, 3.05) is 0 Å². The Hall–Kier alpha value is -2.62. The van der Waals surface area contributed by atoms with Gasteiger partial charge in [0.1, 0.15) is 6.04 Å². The lowest BCUT2D eigenvalue weighted by molar-refractivity contribution is -0.139. The van der Waals surface area contributed by atoms with Gasteiger partial charge < -0.3 is 10.4 Å². The van der Waals surface area contributed by atoms with E-state index < -0.39 is 12.0 Å². The van der Waals surface area contributed by atoms with E-state index in [1.54, 1.807) is 12.1 Å². The van der Waals surface area contributed by atoms with Crippen LogP contribution in [0, 0.1) is 13.8 Å². The Morgan fingerprint density at radius 1 is 1.00 bits per heavy atom. The molecule has 2 rings (SSSR count). The molecular weight excluding hydrogens is 326 g/mol. The Bertz CT molecular complexity index is 781. The minimum atomic E-state index is -1.04. The van der Waals surface area contributed by atoms with Gasteiger partial charge in [0.25, 0.3) is 5.91 Å². The van der Waals surface area contributed by atoms with Crippen molar-refractivity contribution in [2.24, 2.45) is 0 Å². The molecule has 4 nitrogen and oxygen atoms in total. The molecule has 0 aliphatic carbocycles. The molecule has 0 heterocycles. The summed E-state index contributed by atoms with van der Waals surface area (Å²) in [5.74, 6) is -1.40. The second-order valence-electron chi connectivity index (χ2n) is 7.89. The Morgan fingerprint density at radius 3 is 2.00 bits per heavy atom. The molecule has 0 saturated heterocycles. The molecule has 0 fully saturated rings. The van der Waals surface area contributed by atoms with E-state index in [1.165, 1.54) is 5.56 Å². The molecular formula is C22H27NO3. The minimum absolute atomic E-state index is 0.0436. The van der Waals surface area contributed by atoms with Gasteiger partial charge in [-0.1, -0.05) is 62.2 Å². The first-order valence-electron chi connectivity index (χ1n) is 8.77. The minimum Gasteiger partial charge on any atom is -0.480 e. The number of amides is 1. The molecule has 0 saturated carbocycles. The lowest BCUT2D eigenvalue weighted by atomic mass is 9.86. The van der Waals surface area contributed by atoms with Crippen molar-refractivity contribution >= 4 is 11.9 Å². The lowest BCUT2D eigenvalue weighted by Gasteiger charge is -2.20. The van der Waals surface area contributed by atoms with Crippen molar-refractivity contribution in [3.63, 3.8) is 0 Å². The number of carbonyl (C=O) groups excluding carboxylic acids is 1. The molecule has 2 aromatic carbocycles. The summed E-state index contributed by atoms with van der Waals surface area (Å²) in [6.07, 6.45) is 0.246. The molecule has 4 heteroatoms. The zero-order valence-corrected chi connectivity index (χ0v) is 16.1. The van der Waals surface area contributed by atoms with Gasteiger partial charge in [0.05, 0.1) is 0 Å². The van der Waals surface area contributed by atoms with Crippen LogP contribution < -0.4 is 5.32 Å². The van der Waals surface area contributed by atoms with Gasteiger partial charge in [0, 0.05) is 12.0 Å². The maximum Gasteiger partial charge on any atom is 0.326 e. The third kappa shape index (κ3) is 5.19. The maximum absolute atomic E-state index is 12.5. The highest BCUT2D eigenvalue weighted by Gasteiger charge is 2.22. The van der Waals surface area contributed by atoms with Gasteiger partial charge >= 0.3 is 5.97 Å². The van der Waals surface area contributed by atoms with Crippen LogP contribution in [-0.2, 0) is 16.6 Å². The van der Waals surface area contributed by atoms with Crippen LogP contribution in [-0.4, -0.2) is 23.0 Å². The summed E-state index contributed by atoms with van der Waals surface area (Å²) in [5.41, 5.74) is 4.54. The van der Waals surface area contributed by atoms with Crippen LogP contribution in [0.15, 0.2) is 42.5 Å². The zero-order valence-electron chi connectivity index (χ0n) is 16.1. The van der Waals surface area contributed by atoms with Gasteiger partial charge in [-0.2, -0.15) is 0 Å². The van der Waals surface area contributed by atoms with E-state index in [1.807, 2.05) is 44.2 Å². The Labute approximate surface area is 155 Å². The largest absolute Gasteiger partial charge is 0.480 e. The Balaban J connectivity index is 2.14. The second-order valence-corrected chi connectivity index (χ2v) is 7.89. The van der Waals surface area contributed by atoms with Gasteiger partial charge in [0.2, 0.25) is 0 Å². The van der Waals surface area contributed by atoms with Crippen LogP contribution in [0.5, 0.6) is 0 Å². The van der Waals surface area contributed by atoms with Crippen molar-refractivity contribution in [3.05, 3.63) is 70.3 Å². The highest BCUT2D eigenvalue weighted by Crippen LogP contribution is 2.22. The third-order valence-electron chi connectivity index (χ3n) is 4.35. The average Bonchev–Trinajstić information content (AvgIpc) is 2.52. The SMILES string of the molecule is Cc1cc(C)cc(C(=O)N[C@H](Cc2ccc(C(C)(C)C)cc2)C(=O)O)c1. The van der Waals surface area contributed by atoms with Crippen molar-refractivity contribution < 1.29 is 14.7 Å². The monoisotopic (exact) mass is 353 g/mol. The van der Waals surface area contributed by atoms with Gasteiger partial charge in [-0.25, -0.2) is 4.79 Å². The van der Waals surface area contributed by atoms with Gasteiger partial charge in [0.15, 0.2) is 0 Å². The quantitative estimate of drug-likeness (QED) is 0.853. The number of benzene rings is 2. The molecule has 138 valence electrons. The number of rotatable bonds is 5. The summed E-state index contributed by atoms with van der Waals surface area (Å²) >= 11 is 0. The molecule has 2 N–H and O–H groups in total.